The zero-order chi connectivity index (χ0) is 19.5. The van der Waals surface area contributed by atoms with E-state index in [4.69, 9.17) is 11.6 Å². The molecule has 0 saturated carbocycles. The summed E-state index contributed by atoms with van der Waals surface area (Å²) in [6.45, 7) is 3.82. The van der Waals surface area contributed by atoms with Gasteiger partial charge >= 0.3 is 0 Å². The van der Waals surface area contributed by atoms with Crippen LogP contribution in [-0.2, 0) is 16.4 Å². The Bertz CT molecular complexity index is 894. The average Bonchev–Trinajstić information content (AvgIpc) is 2.54. The van der Waals surface area contributed by atoms with Gasteiger partial charge in [0, 0.05) is 19.6 Å². The lowest BCUT2D eigenvalue weighted by molar-refractivity contribution is 0.0913. The molecule has 0 aromatic heterocycles. The zero-order valence-corrected chi connectivity index (χ0v) is 16.9. The smallest absolute Gasteiger partial charge is 0.253 e. The van der Waals surface area contributed by atoms with E-state index in [1.54, 1.807) is 0 Å². The van der Waals surface area contributed by atoms with Gasteiger partial charge in [0.15, 0.2) is 0 Å². The van der Waals surface area contributed by atoms with Crippen molar-refractivity contribution in [3.8, 4) is 0 Å². The number of amides is 1. The summed E-state index contributed by atoms with van der Waals surface area (Å²) >= 11 is 6.14. The molecule has 0 radical (unpaired) electrons. The number of hydrogen-bond acceptors (Lipinski definition) is 3. The molecule has 0 spiro atoms. The minimum absolute atomic E-state index is 0.0258. The second-order valence-electron chi connectivity index (χ2n) is 6.93. The summed E-state index contributed by atoms with van der Waals surface area (Å²) in [6, 6.07) is 13.9. The number of rotatable bonds is 6. The number of hydrogen-bond donors (Lipinski definition) is 1. The molecule has 0 saturated heterocycles. The van der Waals surface area contributed by atoms with Crippen LogP contribution in [0.15, 0.2) is 53.4 Å². The van der Waals surface area contributed by atoms with Crippen molar-refractivity contribution < 1.29 is 13.2 Å². The maximum Gasteiger partial charge on any atom is 0.253 e. The fourth-order valence-corrected chi connectivity index (χ4v) is 3.71. The summed E-state index contributed by atoms with van der Waals surface area (Å²) in [5.74, 6) is -0.410. The first-order valence-electron chi connectivity index (χ1n) is 8.11. The Morgan fingerprint density at radius 1 is 1.12 bits per heavy atom. The van der Waals surface area contributed by atoms with Gasteiger partial charge in [0.1, 0.15) is 0 Å². The number of benzene rings is 2. The van der Waals surface area contributed by atoms with E-state index < -0.39 is 21.5 Å². The van der Waals surface area contributed by atoms with Crippen molar-refractivity contribution in [2.24, 2.45) is 0 Å². The molecule has 1 N–H and O–H groups in total. The summed E-state index contributed by atoms with van der Waals surface area (Å²) in [5, 5.41) is 3.14. The lowest BCUT2D eigenvalue weighted by Gasteiger charge is -2.27. The molecular formula is C19H23ClN2O3S. The lowest BCUT2D eigenvalue weighted by Crippen LogP contribution is -2.45. The molecule has 140 valence electrons. The molecule has 26 heavy (non-hydrogen) atoms. The van der Waals surface area contributed by atoms with E-state index in [-0.39, 0.29) is 15.5 Å². The molecule has 0 aliphatic carbocycles. The van der Waals surface area contributed by atoms with Gasteiger partial charge in [0.2, 0.25) is 10.0 Å². The van der Waals surface area contributed by atoms with Gasteiger partial charge in [-0.2, -0.15) is 0 Å². The number of nitrogens with one attached hydrogen (secondary N) is 1. The molecule has 0 unspecified atom stereocenters. The summed E-state index contributed by atoms with van der Waals surface area (Å²) in [6.07, 6.45) is 0.632. The van der Waals surface area contributed by atoms with Crippen molar-refractivity contribution in [2.45, 2.75) is 30.7 Å². The molecule has 0 atom stereocenters. The van der Waals surface area contributed by atoms with Gasteiger partial charge < -0.3 is 5.32 Å². The van der Waals surface area contributed by atoms with Crippen LogP contribution in [0.3, 0.4) is 0 Å². The van der Waals surface area contributed by atoms with Crippen LogP contribution in [0.5, 0.6) is 0 Å². The highest BCUT2D eigenvalue weighted by Gasteiger charge is 2.25. The third-order valence-corrected chi connectivity index (χ3v) is 6.04. The summed E-state index contributed by atoms with van der Waals surface area (Å²) < 4.78 is 25.7. The van der Waals surface area contributed by atoms with Crippen molar-refractivity contribution in [2.75, 3.05) is 14.1 Å². The monoisotopic (exact) mass is 394 g/mol. The van der Waals surface area contributed by atoms with Crippen LogP contribution in [0.4, 0.5) is 0 Å². The molecule has 1 amide bonds. The fraction of sp³-hybridized carbons (Fsp3) is 0.316. The second kappa shape index (κ2) is 7.78. The number of carbonyl (C=O) groups is 1. The highest BCUT2D eigenvalue weighted by molar-refractivity contribution is 7.89. The van der Waals surface area contributed by atoms with E-state index in [0.717, 1.165) is 9.87 Å². The normalized spacial score (nSPS) is 12.2. The standard InChI is InChI=1S/C19H23ClN2O3S/c1-19(2,13-14-8-6-5-7-9-14)21-18(23)16-12-15(10-11-17(16)20)26(24,25)22(3)4/h5-12H,13H2,1-4H3,(H,21,23). The Labute approximate surface area is 160 Å². The van der Waals surface area contributed by atoms with Gasteiger partial charge in [-0.05, 0) is 44.0 Å². The van der Waals surface area contributed by atoms with Crippen molar-refractivity contribution in [3.63, 3.8) is 0 Å². The van der Waals surface area contributed by atoms with Crippen LogP contribution in [-0.4, -0.2) is 38.3 Å². The van der Waals surface area contributed by atoms with E-state index in [1.807, 2.05) is 44.2 Å². The van der Waals surface area contributed by atoms with E-state index >= 15 is 0 Å². The lowest BCUT2D eigenvalue weighted by atomic mass is 9.94. The molecule has 5 nitrogen and oxygen atoms in total. The predicted molar refractivity (Wildman–Crippen MR) is 104 cm³/mol. The number of halogens is 1. The quantitative estimate of drug-likeness (QED) is 0.817. The molecule has 0 heterocycles. The number of carbonyl (C=O) groups excluding carboxylic acids is 1. The Balaban J connectivity index is 2.26. The zero-order valence-electron chi connectivity index (χ0n) is 15.3. The van der Waals surface area contributed by atoms with Gasteiger partial charge in [-0.1, -0.05) is 41.9 Å². The Morgan fingerprint density at radius 2 is 1.73 bits per heavy atom. The van der Waals surface area contributed by atoms with Gasteiger partial charge in [0.25, 0.3) is 5.91 Å². The minimum Gasteiger partial charge on any atom is -0.347 e. The van der Waals surface area contributed by atoms with Crippen LogP contribution >= 0.6 is 11.6 Å². The molecule has 2 aromatic carbocycles. The SMILES string of the molecule is CN(C)S(=O)(=O)c1ccc(Cl)c(C(=O)NC(C)(C)Cc2ccccc2)c1. The van der Waals surface area contributed by atoms with E-state index in [2.05, 4.69) is 5.32 Å². The van der Waals surface area contributed by atoms with Crippen LogP contribution in [0.2, 0.25) is 5.02 Å². The molecule has 0 fully saturated rings. The van der Waals surface area contributed by atoms with Crippen molar-refractivity contribution in [1.29, 1.82) is 0 Å². The maximum atomic E-state index is 12.7. The molecule has 2 aromatic rings. The van der Waals surface area contributed by atoms with Crippen LogP contribution in [0.25, 0.3) is 0 Å². The molecule has 0 bridgehead atoms. The van der Waals surface area contributed by atoms with E-state index in [9.17, 15) is 13.2 Å². The molecular weight excluding hydrogens is 372 g/mol. The highest BCUT2D eigenvalue weighted by atomic mass is 35.5. The third kappa shape index (κ3) is 4.84. The third-order valence-electron chi connectivity index (χ3n) is 3.90. The Hall–Kier alpha value is -1.89. The summed E-state index contributed by atoms with van der Waals surface area (Å²) in [7, 11) is -0.773. The van der Waals surface area contributed by atoms with Crippen molar-refractivity contribution >= 4 is 27.5 Å². The largest absolute Gasteiger partial charge is 0.347 e. The van der Waals surface area contributed by atoms with Crippen LogP contribution in [0, 0.1) is 0 Å². The van der Waals surface area contributed by atoms with Crippen LogP contribution in [0.1, 0.15) is 29.8 Å². The molecule has 7 heteroatoms. The summed E-state index contributed by atoms with van der Waals surface area (Å²) in [4.78, 5) is 12.7. The predicted octanol–water partition coefficient (Wildman–Crippen LogP) is 3.34. The van der Waals surface area contributed by atoms with Crippen molar-refractivity contribution in [3.05, 3.63) is 64.7 Å². The van der Waals surface area contributed by atoms with Crippen molar-refractivity contribution in [1.82, 2.24) is 9.62 Å². The van der Waals surface area contributed by atoms with Gasteiger partial charge in [-0.25, -0.2) is 12.7 Å². The van der Waals surface area contributed by atoms with Crippen LogP contribution < -0.4 is 5.32 Å². The van der Waals surface area contributed by atoms with E-state index in [0.29, 0.717) is 6.42 Å². The molecule has 0 aliphatic rings. The first kappa shape index (κ1) is 20.4. The van der Waals surface area contributed by atoms with Gasteiger partial charge in [-0.3, -0.25) is 4.79 Å². The minimum atomic E-state index is -3.65. The van der Waals surface area contributed by atoms with Gasteiger partial charge in [-0.15, -0.1) is 0 Å². The maximum absolute atomic E-state index is 12.7. The fourth-order valence-electron chi connectivity index (χ4n) is 2.57. The summed E-state index contributed by atoms with van der Waals surface area (Å²) in [5.41, 5.74) is 0.696. The Kier molecular flexibility index (Phi) is 6.11. The average molecular weight is 395 g/mol. The highest BCUT2D eigenvalue weighted by Crippen LogP contribution is 2.23. The van der Waals surface area contributed by atoms with Gasteiger partial charge in [0.05, 0.1) is 15.5 Å². The first-order valence-corrected chi connectivity index (χ1v) is 9.93. The second-order valence-corrected chi connectivity index (χ2v) is 9.49. The molecule has 0 aliphatic heterocycles. The number of nitrogens with zero attached hydrogens (tertiary/aromatic N) is 1. The Morgan fingerprint density at radius 3 is 2.31 bits per heavy atom. The topological polar surface area (TPSA) is 66.5 Å². The first-order chi connectivity index (χ1) is 12.0. The van der Waals surface area contributed by atoms with E-state index in [1.165, 1.54) is 32.3 Å². The number of sulfonamides is 1. The molecule has 2 rings (SSSR count).